The maximum absolute atomic E-state index is 11.2. The summed E-state index contributed by atoms with van der Waals surface area (Å²) in [6, 6.07) is 8.41. The van der Waals surface area contributed by atoms with Gasteiger partial charge in [-0.3, -0.25) is 0 Å². The van der Waals surface area contributed by atoms with Crippen LogP contribution in [0, 0.1) is 11.8 Å². The van der Waals surface area contributed by atoms with E-state index >= 15 is 0 Å². The van der Waals surface area contributed by atoms with Crippen LogP contribution in [0.4, 0.5) is 0 Å². The molecule has 182 valence electrons. The quantitative estimate of drug-likeness (QED) is 0.378. The number of hydrogen-bond donors (Lipinski definition) is 2. The molecule has 1 aliphatic carbocycles. The zero-order valence-electron chi connectivity index (χ0n) is 20.5. The Kier molecular flexibility index (Phi) is 7.98. The van der Waals surface area contributed by atoms with Crippen LogP contribution in [0.1, 0.15) is 86.2 Å². The van der Waals surface area contributed by atoms with Crippen molar-refractivity contribution in [3.05, 3.63) is 63.2 Å². The summed E-state index contributed by atoms with van der Waals surface area (Å²) in [6.45, 7) is 12.4. The van der Waals surface area contributed by atoms with Crippen molar-refractivity contribution in [1.29, 1.82) is 0 Å². The van der Waals surface area contributed by atoms with Crippen LogP contribution in [-0.4, -0.2) is 36.0 Å². The van der Waals surface area contributed by atoms with Crippen LogP contribution >= 0.6 is 11.6 Å². The summed E-state index contributed by atoms with van der Waals surface area (Å²) in [5.74, 6) is 5.44. The summed E-state index contributed by atoms with van der Waals surface area (Å²) >= 11 is 6.05. The van der Waals surface area contributed by atoms with Crippen LogP contribution in [0.2, 0.25) is 5.02 Å². The molecule has 1 unspecified atom stereocenters. The molecule has 0 heterocycles. The summed E-state index contributed by atoms with van der Waals surface area (Å²) < 4.78 is 11.6. The number of carbonyl (C=O) groups is 1. The fraction of sp³-hybridized carbons (Fsp3) is 0.464. The molecular formula is C28H33ClO5. The van der Waals surface area contributed by atoms with Gasteiger partial charge >= 0.3 is 5.97 Å². The minimum Gasteiger partial charge on any atom is -0.491 e. The number of fused-ring (bicyclic) bond motifs is 1. The molecule has 1 aliphatic rings. The highest BCUT2D eigenvalue weighted by Gasteiger charge is 2.40. The second-order valence-electron chi connectivity index (χ2n) is 9.93. The van der Waals surface area contributed by atoms with E-state index in [1.165, 1.54) is 23.3 Å². The first-order valence-corrected chi connectivity index (χ1v) is 12.0. The third-order valence-corrected chi connectivity index (χ3v) is 6.78. The molecule has 3 rings (SSSR count). The maximum Gasteiger partial charge on any atom is 0.337 e. The first-order chi connectivity index (χ1) is 16.0. The van der Waals surface area contributed by atoms with Gasteiger partial charge in [0, 0.05) is 17.7 Å². The number of aromatic carboxylic acids is 1. The van der Waals surface area contributed by atoms with Crippen molar-refractivity contribution >= 4 is 17.6 Å². The largest absolute Gasteiger partial charge is 0.491 e. The average molecular weight is 485 g/mol. The van der Waals surface area contributed by atoms with E-state index in [1.54, 1.807) is 6.07 Å². The summed E-state index contributed by atoms with van der Waals surface area (Å²) in [7, 11) is 0. The molecule has 6 heteroatoms. The lowest BCUT2D eigenvalue weighted by molar-refractivity contribution is 0.0697. The maximum atomic E-state index is 11.2. The third-order valence-electron chi connectivity index (χ3n) is 6.46. The number of benzene rings is 2. The summed E-state index contributed by atoms with van der Waals surface area (Å²) in [5, 5.41) is 20.2. The Bertz CT molecular complexity index is 1120. The van der Waals surface area contributed by atoms with E-state index in [0.29, 0.717) is 30.9 Å². The molecule has 0 spiro atoms. The van der Waals surface area contributed by atoms with Gasteiger partial charge in [0.15, 0.2) is 0 Å². The van der Waals surface area contributed by atoms with Gasteiger partial charge in [0.2, 0.25) is 0 Å². The Morgan fingerprint density at radius 3 is 2.47 bits per heavy atom. The molecule has 2 aromatic rings. The van der Waals surface area contributed by atoms with Gasteiger partial charge in [0.05, 0.1) is 17.2 Å². The van der Waals surface area contributed by atoms with Crippen LogP contribution < -0.4 is 4.74 Å². The molecular weight excluding hydrogens is 452 g/mol. The van der Waals surface area contributed by atoms with Crippen LogP contribution in [0.15, 0.2) is 30.3 Å². The molecule has 1 atom stereocenters. The lowest BCUT2D eigenvalue weighted by atomic mass is 9.62. The van der Waals surface area contributed by atoms with Crippen molar-refractivity contribution in [2.45, 2.75) is 64.4 Å². The molecule has 0 aromatic heterocycles. The molecule has 0 amide bonds. The fourth-order valence-corrected chi connectivity index (χ4v) is 4.64. The third kappa shape index (κ3) is 5.75. The highest BCUT2D eigenvalue weighted by atomic mass is 35.5. The van der Waals surface area contributed by atoms with Gasteiger partial charge in [0.25, 0.3) is 0 Å². The smallest absolute Gasteiger partial charge is 0.337 e. The van der Waals surface area contributed by atoms with Crippen LogP contribution in [0.5, 0.6) is 5.75 Å². The lowest BCUT2D eigenvalue weighted by Crippen LogP contribution is -2.34. The van der Waals surface area contributed by atoms with Crippen LogP contribution in [0.3, 0.4) is 0 Å². The van der Waals surface area contributed by atoms with Gasteiger partial charge < -0.3 is 19.7 Å². The zero-order valence-corrected chi connectivity index (χ0v) is 21.3. The Morgan fingerprint density at radius 1 is 1.12 bits per heavy atom. The highest BCUT2D eigenvalue weighted by molar-refractivity contribution is 6.33. The van der Waals surface area contributed by atoms with Crippen molar-refractivity contribution in [1.82, 2.24) is 0 Å². The van der Waals surface area contributed by atoms with E-state index in [0.717, 1.165) is 18.6 Å². The topological polar surface area (TPSA) is 76.0 Å². The van der Waals surface area contributed by atoms with Crippen molar-refractivity contribution < 1.29 is 24.5 Å². The average Bonchev–Trinajstić information content (AvgIpc) is 2.77. The second-order valence-corrected chi connectivity index (χ2v) is 10.3. The molecule has 0 fully saturated rings. The molecule has 0 bridgehead atoms. The number of carboxylic acid groups (broad SMARTS) is 1. The molecule has 0 radical (unpaired) electrons. The Balaban J connectivity index is 1.99. The number of halogens is 1. The van der Waals surface area contributed by atoms with E-state index in [2.05, 4.69) is 39.5 Å². The minimum absolute atomic E-state index is 0.0149. The molecule has 0 aliphatic heterocycles. The molecule has 34 heavy (non-hydrogen) atoms. The number of aliphatic hydroxyl groups is 1. The first-order valence-electron chi connectivity index (χ1n) is 11.6. The normalized spacial score (nSPS) is 16.7. The lowest BCUT2D eigenvalue weighted by Gasteiger charge is -2.43. The molecule has 2 N–H and O–H groups in total. The zero-order chi connectivity index (χ0) is 25.1. The number of aliphatic hydroxyl groups excluding tert-OH is 1. The van der Waals surface area contributed by atoms with Gasteiger partial charge in [0.1, 0.15) is 18.5 Å². The molecule has 0 saturated carbocycles. The molecule has 5 nitrogen and oxygen atoms in total. The number of rotatable bonds is 7. The summed E-state index contributed by atoms with van der Waals surface area (Å²) in [4.78, 5) is 11.2. The predicted octanol–water partition coefficient (Wildman–Crippen LogP) is 5.89. The van der Waals surface area contributed by atoms with Crippen molar-refractivity contribution in [3.63, 3.8) is 0 Å². The molecule has 2 aromatic carbocycles. The van der Waals surface area contributed by atoms with E-state index in [4.69, 9.17) is 26.2 Å². The van der Waals surface area contributed by atoms with E-state index < -0.39 is 12.1 Å². The van der Waals surface area contributed by atoms with E-state index in [-0.39, 0.29) is 21.4 Å². The van der Waals surface area contributed by atoms with E-state index in [1.807, 2.05) is 19.1 Å². The van der Waals surface area contributed by atoms with Crippen LogP contribution in [-0.2, 0) is 15.6 Å². The second kappa shape index (κ2) is 10.4. The van der Waals surface area contributed by atoms with Crippen molar-refractivity contribution in [3.8, 4) is 17.6 Å². The van der Waals surface area contributed by atoms with Crippen LogP contribution in [0.25, 0.3) is 0 Å². The Hall–Kier alpha value is -2.52. The number of carboxylic acids is 1. The minimum atomic E-state index is -1.10. The van der Waals surface area contributed by atoms with Gasteiger partial charge in [-0.25, -0.2) is 4.79 Å². The summed E-state index contributed by atoms with van der Waals surface area (Å²) in [5.41, 5.74) is 3.44. The summed E-state index contributed by atoms with van der Waals surface area (Å²) in [6.07, 6.45) is 1.03. The molecule has 0 saturated heterocycles. The van der Waals surface area contributed by atoms with Crippen molar-refractivity contribution in [2.75, 3.05) is 19.8 Å². The van der Waals surface area contributed by atoms with Gasteiger partial charge in [-0.15, -0.1) is 0 Å². The number of ether oxygens (including phenoxy) is 2. The first kappa shape index (κ1) is 26.1. The monoisotopic (exact) mass is 484 g/mol. The van der Waals surface area contributed by atoms with Gasteiger partial charge in [-0.2, -0.15) is 0 Å². The fourth-order valence-electron chi connectivity index (χ4n) is 4.38. The number of hydrogen-bond acceptors (Lipinski definition) is 4. The van der Waals surface area contributed by atoms with Gasteiger partial charge in [-0.1, -0.05) is 57.2 Å². The SMILES string of the molecule is CCOCCOc1cc(C(O)C#Cc2ccc(C(=O)O)c(Cl)c2)cc2c1C(C)(C)CCC2(C)C. The predicted molar refractivity (Wildman–Crippen MR) is 134 cm³/mol. The Labute approximate surface area is 207 Å². The highest BCUT2D eigenvalue weighted by Crippen LogP contribution is 2.50. The van der Waals surface area contributed by atoms with Gasteiger partial charge in [-0.05, 0) is 66.0 Å². The standard InChI is InChI=1S/C28H33ClO5/c1-6-33-13-14-34-24-17-19(16-21-25(24)28(4,5)12-11-27(21,2)3)23(30)10-8-18-7-9-20(26(31)32)22(29)15-18/h7,9,15-17,23,30H,6,11-14H2,1-5H3,(H,31,32). The van der Waals surface area contributed by atoms with Crippen molar-refractivity contribution in [2.24, 2.45) is 0 Å². The van der Waals surface area contributed by atoms with E-state index in [9.17, 15) is 9.90 Å². The Morgan fingerprint density at radius 2 is 1.82 bits per heavy atom.